The van der Waals surface area contributed by atoms with Crippen molar-refractivity contribution in [2.45, 2.75) is 24.8 Å². The summed E-state index contributed by atoms with van der Waals surface area (Å²) in [6.07, 6.45) is 0.496. The van der Waals surface area contributed by atoms with Gasteiger partial charge in [-0.15, -0.1) is 0 Å². The van der Waals surface area contributed by atoms with Gasteiger partial charge in [0.2, 0.25) is 10.0 Å². The highest BCUT2D eigenvalue weighted by atomic mass is 32.2. The monoisotopic (exact) mass is 375 g/mol. The van der Waals surface area contributed by atoms with Gasteiger partial charge in [-0.3, -0.25) is 4.57 Å². The molecule has 0 aliphatic heterocycles. The molecule has 26 heavy (non-hydrogen) atoms. The highest BCUT2D eigenvalue weighted by molar-refractivity contribution is 7.89. The lowest BCUT2D eigenvalue weighted by atomic mass is 10.2. The average Bonchev–Trinajstić information content (AvgIpc) is 2.94. The summed E-state index contributed by atoms with van der Waals surface area (Å²) in [5.41, 5.74) is 2.14. The van der Waals surface area contributed by atoms with Crippen molar-refractivity contribution in [3.05, 3.63) is 58.5 Å². The minimum Gasteiger partial charge on any atom is -0.496 e. The zero-order valence-corrected chi connectivity index (χ0v) is 15.5. The van der Waals surface area contributed by atoms with Gasteiger partial charge in [-0.2, -0.15) is 0 Å². The van der Waals surface area contributed by atoms with Crippen LogP contribution < -0.4 is 15.1 Å². The van der Waals surface area contributed by atoms with Crippen LogP contribution in [0.4, 0.5) is 0 Å². The fraction of sp³-hybridized carbons (Fsp3) is 0.278. The van der Waals surface area contributed by atoms with Crippen molar-refractivity contribution in [2.75, 3.05) is 13.7 Å². The first-order valence-electron chi connectivity index (χ1n) is 8.24. The van der Waals surface area contributed by atoms with Gasteiger partial charge in [-0.05, 0) is 49.2 Å². The lowest BCUT2D eigenvalue weighted by Crippen LogP contribution is -2.27. The smallest absolute Gasteiger partial charge is 0.326 e. The van der Waals surface area contributed by atoms with Gasteiger partial charge in [0.15, 0.2) is 0 Å². The van der Waals surface area contributed by atoms with E-state index in [4.69, 9.17) is 4.74 Å². The van der Waals surface area contributed by atoms with Crippen molar-refractivity contribution in [3.8, 4) is 5.75 Å². The molecule has 138 valence electrons. The van der Waals surface area contributed by atoms with Crippen LogP contribution in [-0.4, -0.2) is 31.6 Å². The molecule has 1 heterocycles. The quantitative estimate of drug-likeness (QED) is 0.618. The van der Waals surface area contributed by atoms with Crippen LogP contribution in [0.3, 0.4) is 0 Å². The first-order valence-corrected chi connectivity index (χ1v) is 9.72. The number of benzene rings is 2. The molecule has 0 radical (unpaired) electrons. The van der Waals surface area contributed by atoms with Crippen molar-refractivity contribution < 1.29 is 13.2 Å². The Balaban J connectivity index is 1.64. The predicted octanol–water partition coefficient (Wildman–Crippen LogP) is 2.02. The summed E-state index contributed by atoms with van der Waals surface area (Å²) in [6, 6.07) is 12.1. The normalized spacial score (nSPS) is 11.8. The van der Waals surface area contributed by atoms with Crippen LogP contribution >= 0.6 is 0 Å². The molecule has 0 amide bonds. The minimum atomic E-state index is -3.60. The number of rotatable bonds is 7. The van der Waals surface area contributed by atoms with Gasteiger partial charge < -0.3 is 9.72 Å². The molecule has 3 rings (SSSR count). The Kier molecular flexibility index (Phi) is 5.15. The van der Waals surface area contributed by atoms with Crippen molar-refractivity contribution in [3.63, 3.8) is 0 Å². The second kappa shape index (κ2) is 7.35. The SMILES string of the molecule is COc1ccc(S(=O)(=O)NCCCn2c(=O)[nH]c3ccccc32)cc1C. The summed E-state index contributed by atoms with van der Waals surface area (Å²) in [6.45, 7) is 2.45. The van der Waals surface area contributed by atoms with Crippen LogP contribution in [0.25, 0.3) is 11.0 Å². The van der Waals surface area contributed by atoms with Crippen molar-refractivity contribution in [2.24, 2.45) is 0 Å². The lowest BCUT2D eigenvalue weighted by molar-refractivity contribution is 0.411. The second-order valence-electron chi connectivity index (χ2n) is 5.98. The van der Waals surface area contributed by atoms with Crippen LogP contribution in [0, 0.1) is 6.92 Å². The molecule has 0 unspecified atom stereocenters. The zero-order chi connectivity index (χ0) is 18.7. The van der Waals surface area contributed by atoms with Gasteiger partial charge in [0.05, 0.1) is 23.0 Å². The molecule has 0 spiro atoms. The van der Waals surface area contributed by atoms with Crippen molar-refractivity contribution in [1.29, 1.82) is 0 Å². The lowest BCUT2D eigenvalue weighted by Gasteiger charge is -2.10. The standard InChI is InChI=1S/C18H21N3O4S/c1-13-12-14(8-9-17(13)25-2)26(23,24)19-10-5-11-21-16-7-4-3-6-15(16)20-18(21)22/h3-4,6-9,12,19H,5,10-11H2,1-2H3,(H,20,22). The molecule has 0 fully saturated rings. The summed E-state index contributed by atoms with van der Waals surface area (Å²) >= 11 is 0. The van der Waals surface area contributed by atoms with Gasteiger partial charge in [-0.1, -0.05) is 12.1 Å². The number of aryl methyl sites for hydroxylation is 2. The molecule has 0 bridgehead atoms. The Bertz CT molecular complexity index is 1080. The number of H-pyrrole nitrogens is 1. The number of hydrogen-bond acceptors (Lipinski definition) is 4. The Hall–Kier alpha value is -2.58. The molecule has 2 N–H and O–H groups in total. The molecule has 0 aliphatic carbocycles. The maximum atomic E-state index is 12.4. The Morgan fingerprint density at radius 2 is 1.96 bits per heavy atom. The molecule has 8 heteroatoms. The summed E-state index contributed by atoms with van der Waals surface area (Å²) in [4.78, 5) is 15.0. The number of aromatic nitrogens is 2. The molecule has 2 aromatic carbocycles. The predicted molar refractivity (Wildman–Crippen MR) is 100 cm³/mol. The summed E-state index contributed by atoms with van der Waals surface area (Å²) in [5.74, 6) is 0.641. The van der Waals surface area contributed by atoms with E-state index in [2.05, 4.69) is 9.71 Å². The molecular weight excluding hydrogens is 354 g/mol. The van der Waals surface area contributed by atoms with Crippen LogP contribution in [0.2, 0.25) is 0 Å². The zero-order valence-electron chi connectivity index (χ0n) is 14.7. The summed E-state index contributed by atoms with van der Waals surface area (Å²) in [5, 5.41) is 0. The molecular formula is C18H21N3O4S. The molecule has 0 aliphatic rings. The Labute approximate surface area is 151 Å². The van der Waals surface area contributed by atoms with E-state index < -0.39 is 10.0 Å². The maximum Gasteiger partial charge on any atom is 0.326 e. The molecule has 1 aromatic heterocycles. The number of fused-ring (bicyclic) bond motifs is 1. The summed E-state index contributed by atoms with van der Waals surface area (Å²) < 4.78 is 34.1. The first-order chi connectivity index (χ1) is 12.4. The topological polar surface area (TPSA) is 93.2 Å². The third kappa shape index (κ3) is 3.66. The average molecular weight is 375 g/mol. The van der Waals surface area contributed by atoms with E-state index in [1.54, 1.807) is 30.7 Å². The fourth-order valence-electron chi connectivity index (χ4n) is 2.87. The van der Waals surface area contributed by atoms with Gasteiger partial charge in [0.25, 0.3) is 0 Å². The second-order valence-corrected chi connectivity index (χ2v) is 7.75. The Morgan fingerprint density at radius 3 is 2.69 bits per heavy atom. The minimum absolute atomic E-state index is 0.195. The third-order valence-corrected chi connectivity index (χ3v) is 5.67. The largest absolute Gasteiger partial charge is 0.496 e. The molecule has 0 saturated heterocycles. The van der Waals surface area contributed by atoms with E-state index in [0.29, 0.717) is 18.7 Å². The maximum absolute atomic E-state index is 12.4. The van der Waals surface area contributed by atoms with Crippen LogP contribution in [-0.2, 0) is 16.6 Å². The van der Waals surface area contributed by atoms with Crippen molar-refractivity contribution >= 4 is 21.1 Å². The van der Waals surface area contributed by atoms with E-state index in [9.17, 15) is 13.2 Å². The number of aromatic amines is 1. The highest BCUT2D eigenvalue weighted by Crippen LogP contribution is 2.21. The van der Waals surface area contributed by atoms with E-state index in [1.165, 1.54) is 6.07 Å². The summed E-state index contributed by atoms with van der Waals surface area (Å²) in [7, 11) is -2.06. The van der Waals surface area contributed by atoms with E-state index >= 15 is 0 Å². The molecule has 3 aromatic rings. The molecule has 0 atom stereocenters. The highest BCUT2D eigenvalue weighted by Gasteiger charge is 2.15. The number of para-hydroxylation sites is 2. The van der Waals surface area contributed by atoms with Gasteiger partial charge in [0.1, 0.15) is 5.75 Å². The molecule has 7 nitrogen and oxygen atoms in total. The number of ether oxygens (including phenoxy) is 1. The van der Waals surface area contributed by atoms with E-state index in [-0.39, 0.29) is 17.1 Å². The van der Waals surface area contributed by atoms with Crippen molar-refractivity contribution in [1.82, 2.24) is 14.3 Å². The van der Waals surface area contributed by atoms with E-state index in [1.807, 2.05) is 24.3 Å². The Morgan fingerprint density at radius 1 is 1.19 bits per heavy atom. The number of nitrogens with zero attached hydrogens (tertiary/aromatic N) is 1. The van der Waals surface area contributed by atoms with Crippen LogP contribution in [0.1, 0.15) is 12.0 Å². The number of methoxy groups -OCH3 is 1. The van der Waals surface area contributed by atoms with Gasteiger partial charge in [0, 0.05) is 13.1 Å². The molecule has 0 saturated carbocycles. The third-order valence-electron chi connectivity index (χ3n) is 4.21. The van der Waals surface area contributed by atoms with Crippen LogP contribution in [0.15, 0.2) is 52.2 Å². The van der Waals surface area contributed by atoms with E-state index in [0.717, 1.165) is 16.6 Å². The number of sulfonamides is 1. The fourth-order valence-corrected chi connectivity index (χ4v) is 4.03. The van der Waals surface area contributed by atoms with Gasteiger partial charge >= 0.3 is 5.69 Å². The first kappa shape index (κ1) is 18.2. The van der Waals surface area contributed by atoms with Crippen LogP contribution in [0.5, 0.6) is 5.75 Å². The number of nitrogens with one attached hydrogen (secondary N) is 2. The van der Waals surface area contributed by atoms with Gasteiger partial charge in [-0.25, -0.2) is 17.9 Å². The number of hydrogen-bond donors (Lipinski definition) is 2. The number of imidazole rings is 1.